The third-order valence-corrected chi connectivity index (χ3v) is 5.06. The molecule has 7 nitrogen and oxygen atoms in total. The number of carboxylic acid groups (broad SMARTS) is 1. The van der Waals surface area contributed by atoms with Crippen molar-refractivity contribution in [3.8, 4) is 5.75 Å². The first-order valence-electron chi connectivity index (χ1n) is 9.80. The number of carbonyl (C=O) groups is 2. The van der Waals surface area contributed by atoms with E-state index in [1.165, 1.54) is 5.56 Å². The first-order chi connectivity index (χ1) is 15.2. The van der Waals surface area contributed by atoms with E-state index in [-0.39, 0.29) is 17.9 Å². The molecule has 3 rings (SSSR count). The molecule has 2 aromatic rings. The molecule has 0 saturated carbocycles. The zero-order valence-electron chi connectivity index (χ0n) is 17.7. The Hall–Kier alpha value is -3.14. The van der Waals surface area contributed by atoms with Gasteiger partial charge in [-0.3, -0.25) is 9.78 Å². The van der Waals surface area contributed by atoms with Crippen LogP contribution in [0.3, 0.4) is 0 Å². The Morgan fingerprint density at radius 3 is 2.34 bits per heavy atom. The minimum Gasteiger partial charge on any atom is -0.497 e. The van der Waals surface area contributed by atoms with Gasteiger partial charge in [0.2, 0.25) is 0 Å². The molecule has 1 saturated heterocycles. The lowest BCUT2D eigenvalue weighted by atomic mass is 9.88. The number of ether oxygens (including phenoxy) is 2. The van der Waals surface area contributed by atoms with Crippen LogP contribution in [0.4, 0.5) is 13.2 Å². The molecule has 32 heavy (non-hydrogen) atoms. The lowest BCUT2D eigenvalue weighted by Crippen LogP contribution is -2.47. The third-order valence-electron chi connectivity index (χ3n) is 5.06. The van der Waals surface area contributed by atoms with Gasteiger partial charge in [0.15, 0.2) is 0 Å². The van der Waals surface area contributed by atoms with Gasteiger partial charge in [-0.05, 0) is 42.7 Å². The molecule has 174 valence electrons. The number of carbonyl (C=O) groups excluding carboxylic acids is 1. The number of nitrogens with zero attached hydrogens (tertiary/aromatic N) is 2. The third kappa shape index (κ3) is 7.23. The molecule has 1 fully saturated rings. The van der Waals surface area contributed by atoms with Crippen molar-refractivity contribution in [1.82, 2.24) is 9.88 Å². The molecule has 0 bridgehead atoms. The molecule has 1 aliphatic heterocycles. The van der Waals surface area contributed by atoms with Crippen LogP contribution < -0.4 is 4.74 Å². The predicted molar refractivity (Wildman–Crippen MR) is 109 cm³/mol. The van der Waals surface area contributed by atoms with Gasteiger partial charge in [-0.15, -0.1) is 0 Å². The fourth-order valence-electron chi connectivity index (χ4n) is 3.44. The van der Waals surface area contributed by atoms with E-state index < -0.39 is 12.1 Å². The summed E-state index contributed by atoms with van der Waals surface area (Å²) in [6, 6.07) is 11.7. The maximum atomic E-state index is 12.7. The lowest BCUT2D eigenvalue weighted by molar-refractivity contribution is -0.192. The van der Waals surface area contributed by atoms with Crippen molar-refractivity contribution in [2.75, 3.05) is 27.3 Å². The van der Waals surface area contributed by atoms with Crippen LogP contribution in [-0.4, -0.2) is 66.5 Å². The first kappa shape index (κ1) is 25.1. The highest BCUT2D eigenvalue weighted by molar-refractivity contribution is 5.93. The molecular weight excluding hydrogens is 429 g/mol. The van der Waals surface area contributed by atoms with Crippen LogP contribution in [0.25, 0.3) is 0 Å². The topological polar surface area (TPSA) is 89.0 Å². The van der Waals surface area contributed by atoms with Gasteiger partial charge in [0, 0.05) is 38.5 Å². The molecule has 10 heteroatoms. The number of likely N-dealkylation sites (tertiary alicyclic amines) is 1. The molecule has 1 N–H and O–H groups in total. The average molecular weight is 454 g/mol. The van der Waals surface area contributed by atoms with Gasteiger partial charge in [-0.2, -0.15) is 13.2 Å². The molecule has 0 spiro atoms. The molecule has 1 amide bonds. The van der Waals surface area contributed by atoms with Crippen LogP contribution in [0.2, 0.25) is 0 Å². The smallest absolute Gasteiger partial charge is 0.490 e. The van der Waals surface area contributed by atoms with Gasteiger partial charge in [0.1, 0.15) is 5.75 Å². The summed E-state index contributed by atoms with van der Waals surface area (Å²) in [5, 5.41) is 7.12. The number of piperidine rings is 1. The van der Waals surface area contributed by atoms with Crippen molar-refractivity contribution in [2.45, 2.75) is 25.1 Å². The molecular formula is C22H25F3N2O5. The Labute approximate surface area is 183 Å². The highest BCUT2D eigenvalue weighted by Gasteiger charge is 2.38. The summed E-state index contributed by atoms with van der Waals surface area (Å²) in [4.78, 5) is 27.6. The van der Waals surface area contributed by atoms with E-state index in [0.29, 0.717) is 18.7 Å². The quantitative estimate of drug-likeness (QED) is 0.745. The summed E-state index contributed by atoms with van der Waals surface area (Å²) in [5.41, 5.74) is 1.87. The molecule has 0 radical (unpaired) electrons. The largest absolute Gasteiger partial charge is 0.497 e. The molecule has 0 aliphatic carbocycles. The second kappa shape index (κ2) is 11.5. The minimum atomic E-state index is -5.08. The number of pyridine rings is 1. The minimum absolute atomic E-state index is 0.0439. The second-order valence-electron chi connectivity index (χ2n) is 7.17. The highest BCUT2D eigenvalue weighted by atomic mass is 19.4. The van der Waals surface area contributed by atoms with Crippen LogP contribution in [-0.2, 0) is 16.0 Å². The van der Waals surface area contributed by atoms with Crippen molar-refractivity contribution in [2.24, 2.45) is 5.92 Å². The summed E-state index contributed by atoms with van der Waals surface area (Å²) in [7, 11) is 3.42. The van der Waals surface area contributed by atoms with E-state index in [1.54, 1.807) is 32.7 Å². The van der Waals surface area contributed by atoms with Gasteiger partial charge in [0.05, 0.1) is 18.8 Å². The molecule has 1 aromatic heterocycles. The van der Waals surface area contributed by atoms with Crippen LogP contribution in [0.1, 0.15) is 22.3 Å². The first-order valence-corrected chi connectivity index (χ1v) is 9.80. The zero-order chi connectivity index (χ0) is 23.7. The Balaban J connectivity index is 0.000000451. The molecule has 1 aromatic carbocycles. The van der Waals surface area contributed by atoms with Crippen molar-refractivity contribution in [3.63, 3.8) is 0 Å². The van der Waals surface area contributed by atoms with Gasteiger partial charge in [-0.1, -0.05) is 12.1 Å². The Morgan fingerprint density at radius 2 is 1.84 bits per heavy atom. The summed E-state index contributed by atoms with van der Waals surface area (Å²) < 4.78 is 42.6. The number of hydrogen-bond acceptors (Lipinski definition) is 5. The number of carboxylic acids is 1. The van der Waals surface area contributed by atoms with E-state index in [9.17, 15) is 18.0 Å². The number of hydrogen-bond donors (Lipinski definition) is 1. The van der Waals surface area contributed by atoms with Crippen LogP contribution in [0.15, 0.2) is 48.8 Å². The van der Waals surface area contributed by atoms with Crippen molar-refractivity contribution < 1.29 is 37.3 Å². The maximum absolute atomic E-state index is 12.7. The number of aliphatic carboxylic acids is 1. The number of benzene rings is 1. The van der Waals surface area contributed by atoms with Crippen LogP contribution >= 0.6 is 0 Å². The molecule has 0 unspecified atom stereocenters. The molecule has 1 aliphatic rings. The van der Waals surface area contributed by atoms with Crippen molar-refractivity contribution in [3.05, 3.63) is 59.9 Å². The van der Waals surface area contributed by atoms with Crippen molar-refractivity contribution in [1.29, 1.82) is 0 Å². The number of amides is 1. The van der Waals surface area contributed by atoms with E-state index in [2.05, 4.69) is 17.1 Å². The van der Waals surface area contributed by atoms with Crippen molar-refractivity contribution >= 4 is 11.9 Å². The number of halogens is 3. The number of alkyl halides is 3. The van der Waals surface area contributed by atoms with Crippen LogP contribution in [0.5, 0.6) is 5.75 Å². The molecule has 2 atom stereocenters. The Kier molecular flexibility index (Phi) is 9.01. The lowest BCUT2D eigenvalue weighted by Gasteiger charge is -2.38. The Morgan fingerprint density at radius 1 is 1.19 bits per heavy atom. The molecule has 2 heterocycles. The van der Waals surface area contributed by atoms with E-state index >= 15 is 0 Å². The fraction of sp³-hybridized carbons (Fsp3) is 0.409. The summed E-state index contributed by atoms with van der Waals surface area (Å²) in [6.45, 7) is 1.41. The summed E-state index contributed by atoms with van der Waals surface area (Å²) >= 11 is 0. The Bertz CT molecular complexity index is 875. The number of aromatic nitrogens is 1. The highest BCUT2D eigenvalue weighted by Crippen LogP contribution is 2.25. The second-order valence-corrected chi connectivity index (χ2v) is 7.17. The van der Waals surface area contributed by atoms with E-state index in [4.69, 9.17) is 19.4 Å². The number of rotatable bonds is 5. The fourth-order valence-corrected chi connectivity index (χ4v) is 3.44. The van der Waals surface area contributed by atoms with E-state index in [1.807, 2.05) is 23.1 Å². The van der Waals surface area contributed by atoms with E-state index in [0.717, 1.165) is 18.6 Å². The standard InChI is InChI=1S/C20H24N2O3.C2HF3O2/c1-24-18-7-5-15(6-8-18)12-17-14-22(11-9-19(17)25-2)20(23)16-4-3-10-21-13-16;3-2(4,5)1(6)7/h3-8,10,13,17,19H,9,11-12,14H2,1-2H3;(H,6,7)/t17-,19-;/m0./s1. The van der Waals surface area contributed by atoms with Gasteiger partial charge in [0.25, 0.3) is 5.91 Å². The summed E-state index contributed by atoms with van der Waals surface area (Å²) in [5.74, 6) is -1.59. The van der Waals surface area contributed by atoms with Gasteiger partial charge >= 0.3 is 12.1 Å². The maximum Gasteiger partial charge on any atom is 0.490 e. The monoisotopic (exact) mass is 454 g/mol. The zero-order valence-corrected chi connectivity index (χ0v) is 17.7. The normalized spacial score (nSPS) is 18.3. The van der Waals surface area contributed by atoms with Gasteiger partial charge < -0.3 is 19.5 Å². The SMILES string of the molecule is COc1ccc(C[C@H]2CN(C(=O)c3cccnc3)CC[C@@H]2OC)cc1.O=C(O)C(F)(F)F. The van der Waals surface area contributed by atoms with Gasteiger partial charge in [-0.25, -0.2) is 4.79 Å². The summed E-state index contributed by atoms with van der Waals surface area (Å²) in [6.07, 6.45) is 0.117. The number of methoxy groups -OCH3 is 2. The predicted octanol–water partition coefficient (Wildman–Crippen LogP) is 3.44. The van der Waals surface area contributed by atoms with Crippen LogP contribution in [0, 0.1) is 5.92 Å². The average Bonchev–Trinajstić information content (AvgIpc) is 2.79.